The Bertz CT molecular complexity index is 1030. The van der Waals surface area contributed by atoms with Crippen LogP contribution in [0.15, 0.2) is 57.7 Å². The summed E-state index contributed by atoms with van der Waals surface area (Å²) < 4.78 is 24.1. The second-order valence-corrected chi connectivity index (χ2v) is 6.23. The van der Waals surface area contributed by atoms with Crippen molar-refractivity contribution in [2.75, 3.05) is 13.2 Å². The van der Waals surface area contributed by atoms with Gasteiger partial charge in [-0.05, 0) is 49.2 Å². The maximum atomic E-state index is 13.3. The fourth-order valence-electron chi connectivity index (χ4n) is 2.86. The highest BCUT2D eigenvalue weighted by molar-refractivity contribution is 5.81. The highest BCUT2D eigenvalue weighted by atomic mass is 19.1. The van der Waals surface area contributed by atoms with E-state index in [0.717, 1.165) is 10.9 Å². The van der Waals surface area contributed by atoms with Crippen molar-refractivity contribution >= 4 is 16.9 Å². The summed E-state index contributed by atoms with van der Waals surface area (Å²) in [6.07, 6.45) is 0. The number of nitrogens with zero attached hydrogens (tertiary/aromatic N) is 1. The Hall–Kier alpha value is -3.15. The molecule has 0 fully saturated rings. The van der Waals surface area contributed by atoms with Crippen LogP contribution in [0.2, 0.25) is 0 Å². The molecular weight excluding hydrogens is 349 g/mol. The number of benzene rings is 2. The first-order chi connectivity index (χ1) is 13.0. The van der Waals surface area contributed by atoms with E-state index in [2.05, 4.69) is 0 Å². The quantitative estimate of drug-likeness (QED) is 0.622. The zero-order valence-corrected chi connectivity index (χ0v) is 15.2. The average molecular weight is 369 g/mol. The maximum absolute atomic E-state index is 13.3. The molecule has 0 atom stereocenters. The smallest absolute Gasteiger partial charge is 0.336 e. The lowest BCUT2D eigenvalue weighted by atomic mass is 10.1. The molecule has 3 rings (SSSR count). The summed E-state index contributed by atoms with van der Waals surface area (Å²) in [5.74, 6) is -0.112. The number of halogens is 1. The van der Waals surface area contributed by atoms with E-state index in [1.54, 1.807) is 35.2 Å². The molecule has 6 heteroatoms. The molecule has 2 aromatic carbocycles. The van der Waals surface area contributed by atoms with E-state index in [0.29, 0.717) is 30.0 Å². The van der Waals surface area contributed by atoms with Crippen LogP contribution in [-0.2, 0) is 11.3 Å². The standard InChI is InChI=1S/C21H20FNO4/c1-3-23(12-15-5-4-6-16(22)10-15)20(24)13-26-17-7-8-18-14(2)9-21(25)27-19(18)11-17/h4-11H,3,12-13H2,1-2H3. The Kier molecular flexibility index (Phi) is 5.54. The fourth-order valence-corrected chi connectivity index (χ4v) is 2.86. The van der Waals surface area contributed by atoms with Gasteiger partial charge in [0.25, 0.3) is 5.91 Å². The molecule has 0 saturated carbocycles. The van der Waals surface area contributed by atoms with Crippen molar-refractivity contribution in [3.63, 3.8) is 0 Å². The van der Waals surface area contributed by atoms with E-state index in [4.69, 9.17) is 9.15 Å². The summed E-state index contributed by atoms with van der Waals surface area (Å²) in [7, 11) is 0. The van der Waals surface area contributed by atoms with E-state index >= 15 is 0 Å². The van der Waals surface area contributed by atoms with E-state index in [1.165, 1.54) is 18.2 Å². The van der Waals surface area contributed by atoms with Gasteiger partial charge < -0.3 is 14.1 Å². The van der Waals surface area contributed by atoms with Gasteiger partial charge >= 0.3 is 5.63 Å². The zero-order chi connectivity index (χ0) is 19.4. The third kappa shape index (κ3) is 4.53. The summed E-state index contributed by atoms with van der Waals surface area (Å²) in [6, 6.07) is 12.7. The van der Waals surface area contributed by atoms with Crippen LogP contribution in [0.3, 0.4) is 0 Å². The van der Waals surface area contributed by atoms with Crippen LogP contribution in [0, 0.1) is 12.7 Å². The van der Waals surface area contributed by atoms with Crippen LogP contribution < -0.4 is 10.4 Å². The molecule has 0 unspecified atom stereocenters. The third-order valence-corrected chi connectivity index (χ3v) is 4.28. The Balaban J connectivity index is 1.68. The van der Waals surface area contributed by atoms with Gasteiger partial charge in [0.15, 0.2) is 6.61 Å². The van der Waals surface area contributed by atoms with Gasteiger partial charge in [-0.15, -0.1) is 0 Å². The van der Waals surface area contributed by atoms with E-state index < -0.39 is 5.63 Å². The van der Waals surface area contributed by atoms with Crippen molar-refractivity contribution in [3.05, 3.63) is 75.9 Å². The van der Waals surface area contributed by atoms with Crippen LogP contribution in [0.1, 0.15) is 18.1 Å². The number of hydrogen-bond donors (Lipinski definition) is 0. The molecule has 1 amide bonds. The summed E-state index contributed by atoms with van der Waals surface area (Å²) in [5.41, 5.74) is 1.52. The predicted molar refractivity (Wildman–Crippen MR) is 100 cm³/mol. The van der Waals surface area contributed by atoms with Gasteiger partial charge in [-0.2, -0.15) is 0 Å². The minimum atomic E-state index is -0.430. The Labute approximate surface area is 156 Å². The molecule has 0 saturated heterocycles. The van der Waals surface area contributed by atoms with Crippen molar-refractivity contribution in [2.24, 2.45) is 0 Å². The van der Waals surface area contributed by atoms with Crippen LogP contribution >= 0.6 is 0 Å². The molecule has 0 bridgehead atoms. The largest absolute Gasteiger partial charge is 0.484 e. The number of hydrogen-bond acceptors (Lipinski definition) is 4. The number of amides is 1. The van der Waals surface area contributed by atoms with Gasteiger partial charge in [0.05, 0.1) is 0 Å². The zero-order valence-electron chi connectivity index (χ0n) is 15.2. The normalized spacial score (nSPS) is 10.8. The molecule has 0 spiro atoms. The average Bonchev–Trinajstić information content (AvgIpc) is 2.63. The van der Waals surface area contributed by atoms with E-state index in [1.807, 2.05) is 13.8 Å². The van der Waals surface area contributed by atoms with Gasteiger partial charge in [0.2, 0.25) is 0 Å². The molecule has 140 valence electrons. The minimum absolute atomic E-state index is 0.162. The van der Waals surface area contributed by atoms with Crippen LogP contribution in [-0.4, -0.2) is 24.0 Å². The first-order valence-corrected chi connectivity index (χ1v) is 8.66. The Morgan fingerprint density at radius 2 is 2.00 bits per heavy atom. The molecule has 0 N–H and O–H groups in total. The van der Waals surface area contributed by atoms with Crippen LogP contribution in [0.25, 0.3) is 11.0 Å². The molecule has 1 aromatic heterocycles. The number of ether oxygens (including phenoxy) is 1. The van der Waals surface area contributed by atoms with Crippen molar-refractivity contribution in [2.45, 2.75) is 20.4 Å². The first kappa shape index (κ1) is 18.6. The molecule has 0 aliphatic rings. The van der Waals surface area contributed by atoms with Gasteiger partial charge in [-0.3, -0.25) is 4.79 Å². The van der Waals surface area contributed by atoms with Gasteiger partial charge in [-0.1, -0.05) is 12.1 Å². The molecule has 5 nitrogen and oxygen atoms in total. The Morgan fingerprint density at radius 3 is 2.74 bits per heavy atom. The maximum Gasteiger partial charge on any atom is 0.336 e. The lowest BCUT2D eigenvalue weighted by Gasteiger charge is -2.21. The molecule has 0 radical (unpaired) electrons. The second-order valence-electron chi connectivity index (χ2n) is 6.23. The molecule has 27 heavy (non-hydrogen) atoms. The summed E-state index contributed by atoms with van der Waals surface area (Å²) in [6.45, 7) is 4.30. The predicted octanol–water partition coefficient (Wildman–Crippen LogP) is 3.67. The topological polar surface area (TPSA) is 59.8 Å². The number of carbonyl (C=O) groups excluding carboxylic acids is 1. The Morgan fingerprint density at radius 1 is 1.19 bits per heavy atom. The van der Waals surface area contributed by atoms with Gasteiger partial charge in [0, 0.05) is 30.6 Å². The van der Waals surface area contributed by atoms with Crippen molar-refractivity contribution < 1.29 is 18.3 Å². The highest BCUT2D eigenvalue weighted by Gasteiger charge is 2.14. The lowest BCUT2D eigenvalue weighted by molar-refractivity contribution is -0.133. The minimum Gasteiger partial charge on any atom is -0.484 e. The van der Waals surface area contributed by atoms with Crippen molar-refractivity contribution in [1.29, 1.82) is 0 Å². The van der Waals surface area contributed by atoms with Crippen molar-refractivity contribution in [3.8, 4) is 5.75 Å². The number of rotatable bonds is 6. The number of fused-ring (bicyclic) bond motifs is 1. The van der Waals surface area contributed by atoms with Gasteiger partial charge in [0.1, 0.15) is 17.1 Å². The molecule has 1 heterocycles. The number of carbonyl (C=O) groups is 1. The van der Waals surface area contributed by atoms with Gasteiger partial charge in [-0.25, -0.2) is 9.18 Å². The summed E-state index contributed by atoms with van der Waals surface area (Å²) in [4.78, 5) is 25.5. The molecule has 3 aromatic rings. The highest BCUT2D eigenvalue weighted by Crippen LogP contribution is 2.22. The van der Waals surface area contributed by atoms with Crippen LogP contribution in [0.5, 0.6) is 5.75 Å². The number of aryl methyl sites for hydroxylation is 1. The first-order valence-electron chi connectivity index (χ1n) is 8.66. The lowest BCUT2D eigenvalue weighted by Crippen LogP contribution is -2.34. The monoisotopic (exact) mass is 369 g/mol. The van der Waals surface area contributed by atoms with E-state index in [9.17, 15) is 14.0 Å². The second kappa shape index (κ2) is 8.03. The SMILES string of the molecule is CCN(Cc1cccc(F)c1)C(=O)COc1ccc2c(C)cc(=O)oc2c1. The summed E-state index contributed by atoms with van der Waals surface area (Å²) >= 11 is 0. The summed E-state index contributed by atoms with van der Waals surface area (Å²) in [5, 5.41) is 0.814. The third-order valence-electron chi connectivity index (χ3n) is 4.28. The molecular formula is C21H20FNO4. The van der Waals surface area contributed by atoms with Crippen molar-refractivity contribution in [1.82, 2.24) is 4.90 Å². The van der Waals surface area contributed by atoms with Crippen LogP contribution in [0.4, 0.5) is 4.39 Å². The van der Waals surface area contributed by atoms with E-state index in [-0.39, 0.29) is 18.3 Å². The molecule has 0 aliphatic heterocycles. The number of likely N-dealkylation sites (N-methyl/N-ethyl adjacent to an activating group) is 1. The fraction of sp³-hybridized carbons (Fsp3) is 0.238. The molecule has 0 aliphatic carbocycles.